The van der Waals surface area contributed by atoms with E-state index in [1.807, 2.05) is 6.92 Å². The second kappa shape index (κ2) is 5.92. The van der Waals surface area contributed by atoms with E-state index in [2.05, 4.69) is 10.4 Å². The van der Waals surface area contributed by atoms with Crippen LogP contribution in [-0.2, 0) is 0 Å². The molecular weight excluding hydrogens is 324 g/mol. The summed E-state index contributed by atoms with van der Waals surface area (Å²) in [6.07, 6.45) is -0.322. The number of hydrogen-bond acceptors (Lipinski definition) is 2. The van der Waals surface area contributed by atoms with Gasteiger partial charge in [0.2, 0.25) is 5.92 Å². The van der Waals surface area contributed by atoms with Crippen LogP contribution in [0.15, 0.2) is 30.3 Å². The van der Waals surface area contributed by atoms with E-state index in [4.69, 9.17) is 11.6 Å². The van der Waals surface area contributed by atoms with E-state index in [0.717, 1.165) is 11.4 Å². The average molecular weight is 340 g/mol. The minimum Gasteiger partial charge on any atom is -0.350 e. The predicted octanol–water partition coefficient (Wildman–Crippen LogP) is 3.61. The second-order valence-electron chi connectivity index (χ2n) is 5.90. The number of alkyl halides is 2. The van der Waals surface area contributed by atoms with Crippen molar-refractivity contribution < 1.29 is 13.6 Å². The first kappa shape index (κ1) is 15.9. The Morgan fingerprint density at radius 1 is 1.39 bits per heavy atom. The maximum absolute atomic E-state index is 12.8. The Morgan fingerprint density at radius 3 is 2.65 bits per heavy atom. The molecule has 1 aromatic heterocycles. The smallest absolute Gasteiger partial charge is 0.271 e. The van der Waals surface area contributed by atoms with Gasteiger partial charge in [0, 0.05) is 30.1 Å². The quantitative estimate of drug-likeness (QED) is 0.925. The highest BCUT2D eigenvalue weighted by molar-refractivity contribution is 6.30. The Hall–Kier alpha value is -1.95. The fraction of sp³-hybridized carbons (Fsp3) is 0.375. The molecule has 1 aliphatic rings. The number of carbonyl (C=O) groups is 1. The average Bonchev–Trinajstić information content (AvgIpc) is 2.85. The summed E-state index contributed by atoms with van der Waals surface area (Å²) >= 11 is 5.86. The van der Waals surface area contributed by atoms with E-state index in [1.54, 1.807) is 35.0 Å². The van der Waals surface area contributed by atoms with Gasteiger partial charge in [0.15, 0.2) is 5.69 Å². The summed E-state index contributed by atoms with van der Waals surface area (Å²) < 4.78 is 27.2. The first-order valence-corrected chi connectivity index (χ1v) is 7.70. The maximum Gasteiger partial charge on any atom is 0.271 e. The number of nitrogens with one attached hydrogen (secondary N) is 1. The summed E-state index contributed by atoms with van der Waals surface area (Å²) in [5, 5.41) is 7.56. The van der Waals surface area contributed by atoms with E-state index in [0.29, 0.717) is 5.02 Å². The topological polar surface area (TPSA) is 46.9 Å². The molecule has 0 aliphatic heterocycles. The Bertz CT molecular complexity index is 719. The molecule has 122 valence electrons. The van der Waals surface area contributed by atoms with Gasteiger partial charge in [-0.15, -0.1) is 0 Å². The molecule has 23 heavy (non-hydrogen) atoms. The zero-order chi connectivity index (χ0) is 16.6. The maximum atomic E-state index is 12.8. The number of nitrogens with zero attached hydrogens (tertiary/aromatic N) is 2. The largest absolute Gasteiger partial charge is 0.350 e. The Morgan fingerprint density at radius 2 is 2.04 bits per heavy atom. The van der Waals surface area contributed by atoms with Crippen molar-refractivity contribution in [1.82, 2.24) is 15.1 Å². The van der Waals surface area contributed by atoms with Gasteiger partial charge in [-0.25, -0.2) is 13.5 Å². The number of carbonyl (C=O) groups excluding carboxylic acids is 1. The van der Waals surface area contributed by atoms with Crippen molar-refractivity contribution in [2.75, 3.05) is 6.54 Å². The van der Waals surface area contributed by atoms with Gasteiger partial charge >= 0.3 is 0 Å². The number of hydrogen-bond donors (Lipinski definition) is 1. The predicted molar refractivity (Wildman–Crippen MR) is 83.3 cm³/mol. The minimum atomic E-state index is -2.57. The molecule has 4 nitrogen and oxygen atoms in total. The van der Waals surface area contributed by atoms with Crippen LogP contribution in [0.5, 0.6) is 0 Å². The summed E-state index contributed by atoms with van der Waals surface area (Å²) in [5.41, 5.74) is 1.86. The molecule has 1 amide bonds. The Labute approximate surface area is 137 Å². The summed E-state index contributed by atoms with van der Waals surface area (Å²) in [6, 6.07) is 8.77. The summed E-state index contributed by atoms with van der Waals surface area (Å²) in [5.74, 6) is -3.08. The standard InChI is InChI=1S/C16H16ClF2N3O/c1-10-6-14(15(23)20-9-11-7-16(18,19)8-11)21-22(10)13-4-2-12(17)3-5-13/h2-6,11H,7-9H2,1H3,(H,20,23). The highest BCUT2D eigenvalue weighted by Gasteiger charge is 2.45. The molecule has 0 unspecified atom stereocenters. The van der Waals surface area contributed by atoms with E-state index in [-0.39, 0.29) is 36.9 Å². The lowest BCUT2D eigenvalue weighted by molar-refractivity contribution is -0.108. The summed E-state index contributed by atoms with van der Waals surface area (Å²) in [6.45, 7) is 2.09. The van der Waals surface area contributed by atoms with E-state index >= 15 is 0 Å². The van der Waals surface area contributed by atoms with Crippen molar-refractivity contribution in [2.45, 2.75) is 25.7 Å². The van der Waals surface area contributed by atoms with Crippen molar-refractivity contribution in [1.29, 1.82) is 0 Å². The molecule has 1 heterocycles. The third-order valence-electron chi connectivity index (χ3n) is 3.92. The van der Waals surface area contributed by atoms with Gasteiger partial charge in [-0.2, -0.15) is 5.10 Å². The SMILES string of the molecule is Cc1cc(C(=O)NCC2CC(F)(F)C2)nn1-c1ccc(Cl)cc1. The number of benzene rings is 1. The van der Waals surface area contributed by atoms with Gasteiger partial charge in [0.25, 0.3) is 5.91 Å². The molecule has 0 atom stereocenters. The number of rotatable bonds is 4. The van der Waals surface area contributed by atoms with Crippen molar-refractivity contribution in [3.8, 4) is 5.69 Å². The van der Waals surface area contributed by atoms with Crippen LogP contribution in [0.3, 0.4) is 0 Å². The van der Waals surface area contributed by atoms with Crippen molar-refractivity contribution >= 4 is 17.5 Å². The van der Waals surface area contributed by atoms with Crippen LogP contribution in [0.25, 0.3) is 5.69 Å². The van der Waals surface area contributed by atoms with E-state index in [9.17, 15) is 13.6 Å². The molecule has 1 fully saturated rings. The lowest BCUT2D eigenvalue weighted by Crippen LogP contribution is -2.42. The van der Waals surface area contributed by atoms with Crippen LogP contribution in [0.4, 0.5) is 8.78 Å². The molecule has 2 aromatic rings. The molecule has 3 rings (SSSR count). The zero-order valence-corrected chi connectivity index (χ0v) is 13.3. The molecule has 1 aliphatic carbocycles. The molecule has 0 spiro atoms. The van der Waals surface area contributed by atoms with Gasteiger partial charge in [0.1, 0.15) is 0 Å². The Balaban J connectivity index is 1.65. The third-order valence-corrected chi connectivity index (χ3v) is 4.17. The molecule has 0 bridgehead atoms. The molecule has 7 heteroatoms. The van der Waals surface area contributed by atoms with Crippen molar-refractivity contribution in [3.63, 3.8) is 0 Å². The monoisotopic (exact) mass is 339 g/mol. The molecule has 1 aromatic carbocycles. The van der Waals surface area contributed by atoms with Gasteiger partial charge in [0.05, 0.1) is 5.69 Å². The number of halogens is 3. The van der Waals surface area contributed by atoms with Crippen molar-refractivity contribution in [2.24, 2.45) is 5.92 Å². The lowest BCUT2D eigenvalue weighted by Gasteiger charge is -2.34. The number of aromatic nitrogens is 2. The summed E-state index contributed by atoms with van der Waals surface area (Å²) in [4.78, 5) is 12.1. The van der Waals surface area contributed by atoms with E-state index < -0.39 is 5.92 Å². The summed E-state index contributed by atoms with van der Waals surface area (Å²) in [7, 11) is 0. The van der Waals surface area contributed by atoms with Gasteiger partial charge in [-0.05, 0) is 43.2 Å². The number of aryl methyl sites for hydroxylation is 1. The molecule has 1 N–H and O–H groups in total. The fourth-order valence-electron chi connectivity index (χ4n) is 2.69. The highest BCUT2D eigenvalue weighted by Crippen LogP contribution is 2.41. The fourth-order valence-corrected chi connectivity index (χ4v) is 2.81. The highest BCUT2D eigenvalue weighted by atomic mass is 35.5. The van der Waals surface area contributed by atoms with Gasteiger partial charge in [-0.1, -0.05) is 11.6 Å². The van der Waals surface area contributed by atoms with Crippen LogP contribution in [0.1, 0.15) is 29.0 Å². The Kier molecular flexibility index (Phi) is 4.10. The lowest BCUT2D eigenvalue weighted by atomic mass is 9.81. The second-order valence-corrected chi connectivity index (χ2v) is 6.34. The minimum absolute atomic E-state index is 0.159. The van der Waals surface area contributed by atoms with E-state index in [1.165, 1.54) is 0 Å². The molecular formula is C16H16ClF2N3O. The van der Waals surface area contributed by atoms with Crippen LogP contribution in [0.2, 0.25) is 5.02 Å². The van der Waals surface area contributed by atoms with Gasteiger partial charge in [-0.3, -0.25) is 4.79 Å². The zero-order valence-electron chi connectivity index (χ0n) is 12.5. The third kappa shape index (κ3) is 3.52. The van der Waals surface area contributed by atoms with Crippen LogP contribution in [-0.4, -0.2) is 28.2 Å². The van der Waals surface area contributed by atoms with Crippen LogP contribution < -0.4 is 5.32 Å². The number of amides is 1. The first-order chi connectivity index (χ1) is 10.8. The first-order valence-electron chi connectivity index (χ1n) is 7.33. The molecule has 1 saturated carbocycles. The van der Waals surface area contributed by atoms with Crippen molar-refractivity contribution in [3.05, 3.63) is 46.7 Å². The normalized spacial score (nSPS) is 16.9. The van der Waals surface area contributed by atoms with Crippen LogP contribution >= 0.6 is 11.6 Å². The van der Waals surface area contributed by atoms with Crippen LogP contribution in [0, 0.1) is 12.8 Å². The molecule has 0 saturated heterocycles. The molecule has 0 radical (unpaired) electrons. The van der Waals surface area contributed by atoms with Gasteiger partial charge < -0.3 is 5.32 Å².